The number of hydrogen-bond acceptors (Lipinski definition) is 2. The number of nitrogens with zero attached hydrogens (tertiary/aromatic N) is 1. The van der Waals surface area contributed by atoms with Gasteiger partial charge in [0.2, 0.25) is 11.8 Å². The molecular formula is C27H29ClN2O2. The Hall–Kier alpha value is -3.11. The highest BCUT2D eigenvalue weighted by atomic mass is 35.5. The molecule has 3 aromatic carbocycles. The van der Waals surface area contributed by atoms with E-state index >= 15 is 0 Å². The van der Waals surface area contributed by atoms with E-state index in [-0.39, 0.29) is 24.3 Å². The maximum Gasteiger partial charge on any atom is 0.243 e. The third-order valence-corrected chi connectivity index (χ3v) is 5.42. The van der Waals surface area contributed by atoms with Gasteiger partial charge in [-0.3, -0.25) is 9.59 Å². The molecule has 2 amide bonds. The number of amides is 2. The Morgan fingerprint density at radius 3 is 1.94 bits per heavy atom. The summed E-state index contributed by atoms with van der Waals surface area (Å²) < 4.78 is 0. The van der Waals surface area contributed by atoms with Crippen molar-refractivity contribution in [3.05, 3.63) is 107 Å². The van der Waals surface area contributed by atoms with Crippen LogP contribution in [0.3, 0.4) is 0 Å². The minimum absolute atomic E-state index is 0.0256. The van der Waals surface area contributed by atoms with Crippen LogP contribution in [0.25, 0.3) is 0 Å². The first kappa shape index (κ1) is 23.6. The lowest BCUT2D eigenvalue weighted by atomic mass is 10.0. The van der Waals surface area contributed by atoms with Crippen LogP contribution in [-0.2, 0) is 29.0 Å². The van der Waals surface area contributed by atoms with Gasteiger partial charge in [0.1, 0.15) is 6.04 Å². The van der Waals surface area contributed by atoms with Gasteiger partial charge in [-0.2, -0.15) is 0 Å². The van der Waals surface area contributed by atoms with Gasteiger partial charge in [0.25, 0.3) is 0 Å². The molecule has 0 radical (unpaired) electrons. The van der Waals surface area contributed by atoms with Gasteiger partial charge >= 0.3 is 0 Å². The van der Waals surface area contributed by atoms with Crippen LogP contribution >= 0.6 is 11.6 Å². The summed E-state index contributed by atoms with van der Waals surface area (Å²) in [7, 11) is 0. The van der Waals surface area contributed by atoms with Gasteiger partial charge in [-0.15, -0.1) is 0 Å². The fraction of sp³-hybridized carbons (Fsp3) is 0.259. The molecular weight excluding hydrogens is 420 g/mol. The van der Waals surface area contributed by atoms with Crippen molar-refractivity contribution in [3.63, 3.8) is 0 Å². The van der Waals surface area contributed by atoms with Crippen LogP contribution in [-0.4, -0.2) is 28.8 Å². The zero-order chi connectivity index (χ0) is 22.9. The number of carbonyl (C=O) groups is 2. The van der Waals surface area contributed by atoms with Crippen molar-refractivity contribution in [2.45, 2.75) is 45.3 Å². The highest BCUT2D eigenvalue weighted by Crippen LogP contribution is 2.18. The maximum absolute atomic E-state index is 13.5. The molecule has 32 heavy (non-hydrogen) atoms. The van der Waals surface area contributed by atoms with Crippen molar-refractivity contribution in [1.82, 2.24) is 10.2 Å². The molecule has 0 aromatic heterocycles. The number of hydrogen-bond donors (Lipinski definition) is 1. The SMILES string of the molecule is CC(C)NC(=O)C(Cc1ccccc1)N(Cc1ccc(Cl)cc1)C(=O)Cc1ccccc1. The van der Waals surface area contributed by atoms with Crippen molar-refractivity contribution >= 4 is 23.4 Å². The van der Waals surface area contributed by atoms with E-state index in [4.69, 9.17) is 11.6 Å². The van der Waals surface area contributed by atoms with Crippen LogP contribution < -0.4 is 5.32 Å². The smallest absolute Gasteiger partial charge is 0.243 e. The van der Waals surface area contributed by atoms with Gasteiger partial charge in [-0.25, -0.2) is 0 Å². The van der Waals surface area contributed by atoms with Crippen molar-refractivity contribution in [1.29, 1.82) is 0 Å². The van der Waals surface area contributed by atoms with Crippen LogP contribution in [0.5, 0.6) is 0 Å². The third-order valence-electron chi connectivity index (χ3n) is 5.17. The first-order valence-electron chi connectivity index (χ1n) is 10.8. The predicted molar refractivity (Wildman–Crippen MR) is 129 cm³/mol. The number of nitrogens with one attached hydrogen (secondary N) is 1. The molecule has 0 aliphatic heterocycles. The Morgan fingerprint density at radius 1 is 0.812 bits per heavy atom. The summed E-state index contributed by atoms with van der Waals surface area (Å²) in [4.78, 5) is 28.5. The van der Waals surface area contributed by atoms with Crippen LogP contribution in [0.2, 0.25) is 5.02 Å². The van der Waals surface area contributed by atoms with E-state index in [1.54, 1.807) is 17.0 Å². The van der Waals surface area contributed by atoms with Gasteiger partial charge in [-0.05, 0) is 42.7 Å². The lowest BCUT2D eigenvalue weighted by molar-refractivity contribution is -0.141. The number of benzene rings is 3. The quantitative estimate of drug-likeness (QED) is 0.498. The van der Waals surface area contributed by atoms with Crippen molar-refractivity contribution in [2.75, 3.05) is 0 Å². The zero-order valence-electron chi connectivity index (χ0n) is 18.5. The fourth-order valence-corrected chi connectivity index (χ4v) is 3.72. The van der Waals surface area contributed by atoms with Crippen LogP contribution in [0.4, 0.5) is 0 Å². The molecule has 0 aliphatic rings. The molecule has 5 heteroatoms. The van der Waals surface area contributed by atoms with E-state index < -0.39 is 6.04 Å². The molecule has 0 bridgehead atoms. The lowest BCUT2D eigenvalue weighted by Gasteiger charge is -2.32. The van der Waals surface area contributed by atoms with E-state index in [9.17, 15) is 9.59 Å². The van der Waals surface area contributed by atoms with Crippen molar-refractivity contribution in [2.24, 2.45) is 0 Å². The van der Waals surface area contributed by atoms with Crippen molar-refractivity contribution < 1.29 is 9.59 Å². The predicted octanol–water partition coefficient (Wildman–Crippen LogP) is 5.05. The Balaban J connectivity index is 1.94. The fourth-order valence-electron chi connectivity index (χ4n) is 3.59. The highest BCUT2D eigenvalue weighted by molar-refractivity contribution is 6.30. The molecule has 1 N–H and O–H groups in total. The third kappa shape index (κ3) is 6.96. The highest BCUT2D eigenvalue weighted by Gasteiger charge is 2.30. The van der Waals surface area contributed by atoms with Gasteiger partial charge in [0, 0.05) is 24.0 Å². The molecule has 1 atom stereocenters. The minimum atomic E-state index is -0.633. The van der Waals surface area contributed by atoms with Crippen LogP contribution in [0.1, 0.15) is 30.5 Å². The summed E-state index contributed by atoms with van der Waals surface area (Å²) in [5.74, 6) is -0.245. The summed E-state index contributed by atoms with van der Waals surface area (Å²) >= 11 is 6.05. The second-order valence-corrected chi connectivity index (χ2v) is 8.62. The van der Waals surface area contributed by atoms with E-state index in [1.165, 1.54) is 0 Å². The second-order valence-electron chi connectivity index (χ2n) is 8.18. The normalized spacial score (nSPS) is 11.8. The summed E-state index contributed by atoms with van der Waals surface area (Å²) in [6, 6.07) is 26.2. The van der Waals surface area contributed by atoms with E-state index in [0.717, 1.165) is 16.7 Å². The molecule has 3 aromatic rings. The lowest BCUT2D eigenvalue weighted by Crippen LogP contribution is -2.52. The molecule has 0 saturated heterocycles. The Bertz CT molecular complexity index is 1000. The second kappa shape index (κ2) is 11.5. The van der Waals surface area contributed by atoms with Crippen LogP contribution in [0.15, 0.2) is 84.9 Å². The number of rotatable bonds is 9. The Labute approximate surface area is 195 Å². The van der Waals surface area contributed by atoms with E-state index in [2.05, 4.69) is 5.32 Å². The standard InChI is InChI=1S/C27H29ClN2O2/c1-20(2)29-27(32)25(17-21-9-5-3-6-10-21)30(19-23-13-15-24(28)16-14-23)26(31)18-22-11-7-4-8-12-22/h3-16,20,25H,17-19H2,1-2H3,(H,29,32). The minimum Gasteiger partial charge on any atom is -0.352 e. The summed E-state index contributed by atoms with van der Waals surface area (Å²) in [5, 5.41) is 3.64. The molecule has 0 saturated carbocycles. The van der Waals surface area contributed by atoms with Gasteiger partial charge in [0.15, 0.2) is 0 Å². The molecule has 1 unspecified atom stereocenters. The monoisotopic (exact) mass is 448 g/mol. The summed E-state index contributed by atoms with van der Waals surface area (Å²) in [5.41, 5.74) is 2.84. The average Bonchev–Trinajstić information content (AvgIpc) is 2.78. The van der Waals surface area contributed by atoms with E-state index in [1.807, 2.05) is 86.6 Å². The first-order chi connectivity index (χ1) is 15.4. The maximum atomic E-state index is 13.5. The average molecular weight is 449 g/mol. The van der Waals surface area contributed by atoms with E-state index in [0.29, 0.717) is 18.0 Å². The Morgan fingerprint density at radius 2 is 1.38 bits per heavy atom. The molecule has 0 heterocycles. The largest absolute Gasteiger partial charge is 0.352 e. The molecule has 3 rings (SSSR count). The van der Waals surface area contributed by atoms with Crippen molar-refractivity contribution in [3.8, 4) is 0 Å². The molecule has 0 fully saturated rings. The molecule has 4 nitrogen and oxygen atoms in total. The summed E-state index contributed by atoms with van der Waals surface area (Å²) in [6.45, 7) is 4.17. The van der Waals surface area contributed by atoms with Crippen LogP contribution in [0, 0.1) is 0 Å². The number of carbonyl (C=O) groups excluding carboxylic acids is 2. The van der Waals surface area contributed by atoms with Gasteiger partial charge in [0.05, 0.1) is 6.42 Å². The summed E-state index contributed by atoms with van der Waals surface area (Å²) in [6.07, 6.45) is 0.669. The topological polar surface area (TPSA) is 49.4 Å². The molecule has 0 aliphatic carbocycles. The Kier molecular flexibility index (Phi) is 8.46. The number of halogens is 1. The molecule has 0 spiro atoms. The van der Waals surface area contributed by atoms with Gasteiger partial charge in [-0.1, -0.05) is 84.4 Å². The molecule has 166 valence electrons. The van der Waals surface area contributed by atoms with Gasteiger partial charge < -0.3 is 10.2 Å². The first-order valence-corrected chi connectivity index (χ1v) is 11.2. The zero-order valence-corrected chi connectivity index (χ0v) is 19.3.